The molecule has 2 atom stereocenters. The third-order valence-corrected chi connectivity index (χ3v) is 2.45. The predicted octanol–water partition coefficient (Wildman–Crippen LogP) is -0.713. The van der Waals surface area contributed by atoms with E-state index in [1.54, 1.807) is 7.11 Å². The van der Waals surface area contributed by atoms with E-state index in [1.807, 2.05) is 0 Å². The Morgan fingerprint density at radius 1 is 1.69 bits per heavy atom. The van der Waals surface area contributed by atoms with E-state index in [1.165, 1.54) is 0 Å². The van der Waals surface area contributed by atoms with Gasteiger partial charge in [-0.3, -0.25) is 0 Å². The number of methoxy groups -OCH3 is 1. The molecule has 1 aliphatic rings. The third-order valence-electron chi connectivity index (χ3n) is 2.45. The van der Waals surface area contributed by atoms with Gasteiger partial charge >= 0.3 is 0 Å². The monoisotopic (exact) mass is 188 g/mol. The van der Waals surface area contributed by atoms with E-state index in [-0.39, 0.29) is 12.6 Å². The molecule has 4 heteroatoms. The van der Waals surface area contributed by atoms with Crippen molar-refractivity contribution in [1.29, 1.82) is 0 Å². The molecule has 1 fully saturated rings. The molecule has 1 heterocycles. The zero-order chi connectivity index (χ0) is 9.68. The van der Waals surface area contributed by atoms with Gasteiger partial charge in [0.1, 0.15) is 0 Å². The van der Waals surface area contributed by atoms with Gasteiger partial charge in [-0.2, -0.15) is 0 Å². The third kappa shape index (κ3) is 3.60. The Kier molecular flexibility index (Phi) is 4.66. The quantitative estimate of drug-likeness (QED) is 0.598. The fourth-order valence-corrected chi connectivity index (χ4v) is 1.76. The summed E-state index contributed by atoms with van der Waals surface area (Å²) < 4.78 is 5.00. The second-order valence-corrected chi connectivity index (χ2v) is 3.75. The molecule has 1 rings (SSSR count). The summed E-state index contributed by atoms with van der Waals surface area (Å²) in [4.78, 5) is 2.29. The van der Waals surface area contributed by atoms with Crippen LogP contribution in [0.3, 0.4) is 0 Å². The van der Waals surface area contributed by atoms with Crippen LogP contribution in [0.1, 0.15) is 6.42 Å². The molecule has 1 aliphatic heterocycles. The molecule has 0 bridgehead atoms. The molecular formula is C9H20N2O2. The highest BCUT2D eigenvalue weighted by molar-refractivity contribution is 4.82. The number of nitrogens with one attached hydrogen (secondary N) is 1. The summed E-state index contributed by atoms with van der Waals surface area (Å²) in [7, 11) is 3.77. The molecule has 2 unspecified atom stereocenters. The standard InChI is InChI=1S/C9H20N2O2/c1-11-4-3-8(5-11)10-9(6-12)7-13-2/h8-10,12H,3-7H2,1-2H3. The van der Waals surface area contributed by atoms with Gasteiger partial charge < -0.3 is 20.1 Å². The number of aliphatic hydroxyl groups is 1. The summed E-state index contributed by atoms with van der Waals surface area (Å²) in [6.07, 6.45) is 1.16. The van der Waals surface area contributed by atoms with Crippen LogP contribution in [0.4, 0.5) is 0 Å². The van der Waals surface area contributed by atoms with Gasteiger partial charge in [-0.15, -0.1) is 0 Å². The van der Waals surface area contributed by atoms with E-state index < -0.39 is 0 Å². The SMILES string of the molecule is COCC(CO)NC1CCN(C)C1. The lowest BCUT2D eigenvalue weighted by atomic mass is 10.2. The molecule has 2 N–H and O–H groups in total. The molecule has 1 saturated heterocycles. The van der Waals surface area contributed by atoms with Crippen LogP contribution in [0.2, 0.25) is 0 Å². The number of aliphatic hydroxyl groups excluding tert-OH is 1. The summed E-state index contributed by atoms with van der Waals surface area (Å²) in [6.45, 7) is 2.94. The van der Waals surface area contributed by atoms with Crippen LogP contribution in [-0.2, 0) is 4.74 Å². The molecule has 4 nitrogen and oxygen atoms in total. The van der Waals surface area contributed by atoms with E-state index in [0.717, 1.165) is 19.5 Å². The van der Waals surface area contributed by atoms with Gasteiger partial charge in [0.15, 0.2) is 0 Å². The van der Waals surface area contributed by atoms with Crippen molar-refractivity contribution in [3.8, 4) is 0 Å². The topological polar surface area (TPSA) is 44.7 Å². The molecule has 0 radical (unpaired) electrons. The highest BCUT2D eigenvalue weighted by Gasteiger charge is 2.21. The van der Waals surface area contributed by atoms with E-state index in [9.17, 15) is 0 Å². The number of nitrogens with zero attached hydrogens (tertiary/aromatic N) is 1. The number of hydrogen-bond acceptors (Lipinski definition) is 4. The van der Waals surface area contributed by atoms with Crippen LogP contribution in [0, 0.1) is 0 Å². The smallest absolute Gasteiger partial charge is 0.0638 e. The maximum atomic E-state index is 9.03. The summed E-state index contributed by atoms with van der Waals surface area (Å²) in [5.74, 6) is 0. The van der Waals surface area contributed by atoms with Crippen molar-refractivity contribution in [2.45, 2.75) is 18.5 Å². The van der Waals surface area contributed by atoms with Crippen LogP contribution in [0.15, 0.2) is 0 Å². The summed E-state index contributed by atoms with van der Waals surface area (Å²) in [6, 6.07) is 0.596. The van der Waals surface area contributed by atoms with Crippen LogP contribution < -0.4 is 5.32 Å². The zero-order valence-corrected chi connectivity index (χ0v) is 8.49. The van der Waals surface area contributed by atoms with Gasteiger partial charge in [0, 0.05) is 19.7 Å². The highest BCUT2D eigenvalue weighted by Crippen LogP contribution is 2.06. The molecule has 0 aromatic heterocycles. The lowest BCUT2D eigenvalue weighted by Gasteiger charge is -2.20. The molecule has 0 aliphatic carbocycles. The molecule has 0 spiro atoms. The molecule has 0 aromatic carbocycles. The molecule has 0 aromatic rings. The second kappa shape index (κ2) is 5.54. The van der Waals surface area contributed by atoms with Crippen LogP contribution in [0.5, 0.6) is 0 Å². The Morgan fingerprint density at radius 3 is 2.92 bits per heavy atom. The fourth-order valence-electron chi connectivity index (χ4n) is 1.76. The highest BCUT2D eigenvalue weighted by atomic mass is 16.5. The molecule has 0 saturated carbocycles. The average molecular weight is 188 g/mol. The van der Waals surface area contributed by atoms with Gasteiger partial charge in [-0.05, 0) is 20.0 Å². The zero-order valence-electron chi connectivity index (χ0n) is 8.49. The fraction of sp³-hybridized carbons (Fsp3) is 1.00. The first-order valence-corrected chi connectivity index (χ1v) is 4.80. The van der Waals surface area contributed by atoms with E-state index >= 15 is 0 Å². The van der Waals surface area contributed by atoms with Crippen molar-refractivity contribution >= 4 is 0 Å². The minimum atomic E-state index is 0.0847. The van der Waals surface area contributed by atoms with Crippen molar-refractivity contribution in [1.82, 2.24) is 10.2 Å². The van der Waals surface area contributed by atoms with Crippen LogP contribution >= 0.6 is 0 Å². The van der Waals surface area contributed by atoms with E-state index in [2.05, 4.69) is 17.3 Å². The minimum absolute atomic E-state index is 0.0847. The van der Waals surface area contributed by atoms with E-state index in [0.29, 0.717) is 12.6 Å². The maximum Gasteiger partial charge on any atom is 0.0638 e. The summed E-state index contributed by atoms with van der Waals surface area (Å²) in [5, 5.41) is 12.4. The largest absolute Gasteiger partial charge is 0.395 e. The van der Waals surface area contributed by atoms with Crippen molar-refractivity contribution < 1.29 is 9.84 Å². The second-order valence-electron chi connectivity index (χ2n) is 3.75. The van der Waals surface area contributed by atoms with Crippen molar-refractivity contribution in [3.63, 3.8) is 0 Å². The minimum Gasteiger partial charge on any atom is -0.395 e. The molecule has 78 valence electrons. The Bertz CT molecular complexity index is 142. The number of rotatable bonds is 5. The Balaban J connectivity index is 2.21. The first-order valence-electron chi connectivity index (χ1n) is 4.80. The normalized spacial score (nSPS) is 26.5. The van der Waals surface area contributed by atoms with Crippen molar-refractivity contribution in [3.05, 3.63) is 0 Å². The molecule has 0 amide bonds. The summed E-state index contributed by atoms with van der Waals surface area (Å²) >= 11 is 0. The van der Waals surface area contributed by atoms with Gasteiger partial charge in [0.05, 0.1) is 19.3 Å². The van der Waals surface area contributed by atoms with Crippen LogP contribution in [0.25, 0.3) is 0 Å². The Labute approximate surface area is 79.9 Å². The molecular weight excluding hydrogens is 168 g/mol. The van der Waals surface area contributed by atoms with Gasteiger partial charge in [0.25, 0.3) is 0 Å². The summed E-state index contributed by atoms with van der Waals surface area (Å²) in [5.41, 5.74) is 0. The van der Waals surface area contributed by atoms with Crippen molar-refractivity contribution in [2.75, 3.05) is 40.5 Å². The maximum absolute atomic E-state index is 9.03. The predicted molar refractivity (Wildman–Crippen MR) is 51.8 cm³/mol. The van der Waals surface area contributed by atoms with Gasteiger partial charge in [-0.25, -0.2) is 0 Å². The van der Waals surface area contributed by atoms with Crippen molar-refractivity contribution in [2.24, 2.45) is 0 Å². The number of hydrogen-bond donors (Lipinski definition) is 2. The Hall–Kier alpha value is -0.160. The van der Waals surface area contributed by atoms with E-state index in [4.69, 9.17) is 9.84 Å². The molecule has 13 heavy (non-hydrogen) atoms. The van der Waals surface area contributed by atoms with Gasteiger partial charge in [-0.1, -0.05) is 0 Å². The number of likely N-dealkylation sites (tertiary alicyclic amines) is 1. The lowest BCUT2D eigenvalue weighted by Crippen LogP contribution is -2.44. The average Bonchev–Trinajstić information content (AvgIpc) is 2.50. The first kappa shape index (κ1) is 10.9. The number of ether oxygens (including phenoxy) is 1. The van der Waals surface area contributed by atoms with Crippen LogP contribution in [-0.4, -0.2) is 62.6 Å². The first-order chi connectivity index (χ1) is 6.26. The number of likely N-dealkylation sites (N-methyl/N-ethyl adjacent to an activating group) is 1. The Morgan fingerprint density at radius 2 is 2.46 bits per heavy atom. The van der Waals surface area contributed by atoms with Gasteiger partial charge in [0.2, 0.25) is 0 Å². The lowest BCUT2D eigenvalue weighted by molar-refractivity contribution is 0.122.